The van der Waals surface area contributed by atoms with Gasteiger partial charge < -0.3 is 13.9 Å². The van der Waals surface area contributed by atoms with E-state index in [1.54, 1.807) is 26.8 Å². The van der Waals surface area contributed by atoms with Gasteiger partial charge in [-0.1, -0.05) is 11.6 Å². The fraction of sp³-hybridized carbons (Fsp3) is 0.333. The predicted molar refractivity (Wildman–Crippen MR) is 79.0 cm³/mol. The number of fused-ring (bicyclic) bond motifs is 1. The van der Waals surface area contributed by atoms with Gasteiger partial charge >= 0.3 is 11.6 Å². The lowest BCUT2D eigenvalue weighted by molar-refractivity contribution is -0.150. The monoisotopic (exact) mass is 310 g/mol. The van der Waals surface area contributed by atoms with Gasteiger partial charge in [0.2, 0.25) is 0 Å². The van der Waals surface area contributed by atoms with Crippen LogP contribution in [0.25, 0.3) is 11.0 Å². The van der Waals surface area contributed by atoms with Gasteiger partial charge in [0.05, 0.1) is 11.6 Å². The van der Waals surface area contributed by atoms with Gasteiger partial charge in [0.15, 0.2) is 6.10 Å². The molecule has 0 radical (unpaired) electrons. The minimum absolute atomic E-state index is 0.262. The summed E-state index contributed by atoms with van der Waals surface area (Å²) in [5.74, 6) is -0.224. The van der Waals surface area contributed by atoms with E-state index in [9.17, 15) is 9.59 Å². The van der Waals surface area contributed by atoms with Gasteiger partial charge in [0.1, 0.15) is 11.3 Å². The number of rotatable bonds is 4. The second-order valence-electron chi connectivity index (χ2n) is 4.54. The summed E-state index contributed by atoms with van der Waals surface area (Å²) >= 11 is 6.14. The van der Waals surface area contributed by atoms with Crippen molar-refractivity contribution in [3.05, 3.63) is 39.2 Å². The van der Waals surface area contributed by atoms with E-state index in [0.29, 0.717) is 10.6 Å². The molecule has 0 amide bonds. The van der Waals surface area contributed by atoms with Crippen molar-refractivity contribution in [3.63, 3.8) is 0 Å². The largest absolute Gasteiger partial charge is 0.477 e. The molecule has 1 unspecified atom stereocenters. The van der Waals surface area contributed by atoms with Gasteiger partial charge in [-0.3, -0.25) is 0 Å². The third-order valence-corrected chi connectivity index (χ3v) is 3.22. The van der Waals surface area contributed by atoms with Crippen molar-refractivity contribution in [1.82, 2.24) is 0 Å². The molecule has 1 atom stereocenters. The van der Waals surface area contributed by atoms with Crippen LogP contribution in [-0.4, -0.2) is 18.7 Å². The highest BCUT2D eigenvalue weighted by atomic mass is 35.5. The Labute approximate surface area is 126 Å². The van der Waals surface area contributed by atoms with Gasteiger partial charge in [-0.15, -0.1) is 0 Å². The molecule has 21 heavy (non-hydrogen) atoms. The molecule has 0 aliphatic carbocycles. The molecule has 1 aromatic carbocycles. The molecule has 1 aromatic heterocycles. The van der Waals surface area contributed by atoms with E-state index < -0.39 is 17.7 Å². The molecular formula is C15H15ClO5. The zero-order valence-electron chi connectivity index (χ0n) is 11.9. The first-order valence-electron chi connectivity index (χ1n) is 6.49. The summed E-state index contributed by atoms with van der Waals surface area (Å²) in [6.07, 6.45) is -0.809. The lowest BCUT2D eigenvalue weighted by Crippen LogP contribution is -2.26. The average molecular weight is 311 g/mol. The third-order valence-electron chi connectivity index (χ3n) is 2.93. The maximum Gasteiger partial charge on any atom is 0.347 e. The fourth-order valence-corrected chi connectivity index (χ4v) is 2.12. The highest BCUT2D eigenvalue weighted by Crippen LogP contribution is 2.31. The van der Waals surface area contributed by atoms with Crippen LogP contribution in [0.15, 0.2) is 27.4 Å². The van der Waals surface area contributed by atoms with E-state index in [0.717, 1.165) is 10.9 Å². The molecule has 0 fully saturated rings. The van der Waals surface area contributed by atoms with Crippen LogP contribution in [0.3, 0.4) is 0 Å². The van der Waals surface area contributed by atoms with Crippen molar-refractivity contribution in [2.75, 3.05) is 6.61 Å². The van der Waals surface area contributed by atoms with Gasteiger partial charge in [-0.05, 0) is 32.4 Å². The molecule has 0 N–H and O–H groups in total. The quantitative estimate of drug-likeness (QED) is 0.641. The Morgan fingerprint density at radius 1 is 1.38 bits per heavy atom. The first kappa shape index (κ1) is 15.4. The van der Waals surface area contributed by atoms with Crippen molar-refractivity contribution in [2.24, 2.45) is 0 Å². The van der Waals surface area contributed by atoms with E-state index in [1.165, 1.54) is 12.1 Å². The van der Waals surface area contributed by atoms with Crippen molar-refractivity contribution in [1.29, 1.82) is 0 Å². The summed E-state index contributed by atoms with van der Waals surface area (Å²) in [6, 6.07) is 4.53. The van der Waals surface area contributed by atoms with Crippen molar-refractivity contribution < 1.29 is 18.7 Å². The Morgan fingerprint density at radius 3 is 2.76 bits per heavy atom. The number of benzene rings is 1. The standard InChI is InChI=1S/C15H15ClO5/c1-4-19-15(18)9(3)20-13-7-12-10(6-11(13)16)8(2)5-14(17)21-12/h5-7,9H,4H2,1-3H3. The Kier molecular flexibility index (Phi) is 4.53. The van der Waals surface area contributed by atoms with Crippen molar-refractivity contribution >= 4 is 28.5 Å². The molecule has 112 valence electrons. The Balaban J connectivity index is 2.39. The summed E-state index contributed by atoms with van der Waals surface area (Å²) in [7, 11) is 0. The third kappa shape index (κ3) is 3.36. The van der Waals surface area contributed by atoms with Crippen LogP contribution in [0.1, 0.15) is 19.4 Å². The number of ether oxygens (including phenoxy) is 2. The highest BCUT2D eigenvalue weighted by Gasteiger charge is 2.18. The number of carbonyl (C=O) groups is 1. The summed E-state index contributed by atoms with van der Waals surface area (Å²) in [5.41, 5.74) is 0.662. The smallest absolute Gasteiger partial charge is 0.347 e. The topological polar surface area (TPSA) is 65.7 Å². The summed E-state index contributed by atoms with van der Waals surface area (Å²) < 4.78 is 15.5. The molecule has 2 aromatic rings. The van der Waals surface area contributed by atoms with Crippen LogP contribution in [-0.2, 0) is 9.53 Å². The molecule has 0 saturated heterocycles. The van der Waals surface area contributed by atoms with Gasteiger partial charge in [-0.25, -0.2) is 9.59 Å². The summed E-state index contributed by atoms with van der Waals surface area (Å²) in [6.45, 7) is 5.33. The van der Waals surface area contributed by atoms with Gasteiger partial charge in [0, 0.05) is 17.5 Å². The zero-order chi connectivity index (χ0) is 15.6. The summed E-state index contributed by atoms with van der Waals surface area (Å²) in [5, 5.41) is 1.05. The van der Waals surface area contributed by atoms with Crippen LogP contribution < -0.4 is 10.4 Å². The first-order chi connectivity index (χ1) is 9.92. The number of aryl methyl sites for hydroxylation is 1. The number of carbonyl (C=O) groups excluding carboxylic acids is 1. The van der Waals surface area contributed by atoms with Crippen LogP contribution in [0.5, 0.6) is 5.75 Å². The molecule has 6 heteroatoms. The molecule has 1 heterocycles. The number of hydrogen-bond acceptors (Lipinski definition) is 5. The summed E-state index contributed by atoms with van der Waals surface area (Å²) in [4.78, 5) is 23.0. The van der Waals surface area contributed by atoms with E-state index in [-0.39, 0.29) is 12.4 Å². The number of halogens is 1. The molecule has 0 aliphatic rings. The number of esters is 1. The van der Waals surface area contributed by atoms with Crippen LogP contribution in [0.2, 0.25) is 5.02 Å². The first-order valence-corrected chi connectivity index (χ1v) is 6.87. The van der Waals surface area contributed by atoms with Crippen LogP contribution in [0.4, 0.5) is 0 Å². The fourth-order valence-electron chi connectivity index (χ4n) is 1.91. The SMILES string of the molecule is CCOC(=O)C(C)Oc1cc2oc(=O)cc(C)c2cc1Cl. The van der Waals surface area contributed by atoms with E-state index in [4.69, 9.17) is 25.5 Å². The molecular weight excluding hydrogens is 296 g/mol. The predicted octanol–water partition coefficient (Wildman–Crippen LogP) is 3.09. The van der Waals surface area contributed by atoms with E-state index in [1.807, 2.05) is 0 Å². The zero-order valence-corrected chi connectivity index (χ0v) is 12.7. The Morgan fingerprint density at radius 2 is 2.10 bits per heavy atom. The van der Waals surface area contributed by atoms with Crippen LogP contribution in [0, 0.1) is 6.92 Å². The maximum atomic E-state index is 11.6. The van der Waals surface area contributed by atoms with Crippen LogP contribution >= 0.6 is 11.6 Å². The minimum atomic E-state index is -0.809. The molecule has 0 bridgehead atoms. The molecule has 2 rings (SSSR count). The minimum Gasteiger partial charge on any atom is -0.477 e. The molecule has 0 aliphatic heterocycles. The van der Waals surface area contributed by atoms with E-state index in [2.05, 4.69) is 0 Å². The normalized spacial score (nSPS) is 12.2. The van der Waals surface area contributed by atoms with Gasteiger partial charge in [0.25, 0.3) is 0 Å². The van der Waals surface area contributed by atoms with E-state index >= 15 is 0 Å². The Hall–Kier alpha value is -2.01. The lowest BCUT2D eigenvalue weighted by atomic mass is 10.1. The van der Waals surface area contributed by atoms with Crippen molar-refractivity contribution in [3.8, 4) is 5.75 Å². The highest BCUT2D eigenvalue weighted by molar-refractivity contribution is 6.32. The Bertz CT molecular complexity index is 735. The second-order valence-corrected chi connectivity index (χ2v) is 4.95. The number of hydrogen-bond donors (Lipinski definition) is 0. The lowest BCUT2D eigenvalue weighted by Gasteiger charge is -2.15. The maximum absolute atomic E-state index is 11.6. The molecule has 5 nitrogen and oxygen atoms in total. The average Bonchev–Trinajstić information content (AvgIpc) is 2.41. The molecule has 0 saturated carbocycles. The molecule has 0 spiro atoms. The van der Waals surface area contributed by atoms with Crippen molar-refractivity contribution in [2.45, 2.75) is 26.9 Å². The second kappa shape index (κ2) is 6.18. The van der Waals surface area contributed by atoms with Gasteiger partial charge in [-0.2, -0.15) is 0 Å².